The van der Waals surface area contributed by atoms with Crippen molar-refractivity contribution < 1.29 is 14.3 Å². The Morgan fingerprint density at radius 3 is 3.12 bits per heavy atom. The highest BCUT2D eigenvalue weighted by molar-refractivity contribution is 8.01. The standard InChI is InChI=1S/C11H14N2O3S/c1-7(5-12)16-10(15)8-6-17-11(2)4-3-9(14)13(8)11/h7-8H,3-4,6H2,1-2H3/t7-,8-,11-/m0/s1. The second-order valence-electron chi connectivity index (χ2n) is 4.47. The molecule has 6 heteroatoms. The number of esters is 1. The Morgan fingerprint density at radius 1 is 1.76 bits per heavy atom. The van der Waals surface area contributed by atoms with Gasteiger partial charge in [-0.2, -0.15) is 5.26 Å². The van der Waals surface area contributed by atoms with Crippen molar-refractivity contribution in [2.45, 2.75) is 43.7 Å². The van der Waals surface area contributed by atoms with Crippen LogP contribution < -0.4 is 0 Å². The first-order chi connectivity index (χ1) is 7.98. The highest BCUT2D eigenvalue weighted by atomic mass is 32.2. The van der Waals surface area contributed by atoms with Crippen molar-refractivity contribution in [1.82, 2.24) is 4.90 Å². The number of fused-ring (bicyclic) bond motifs is 1. The van der Waals surface area contributed by atoms with E-state index < -0.39 is 18.1 Å². The van der Waals surface area contributed by atoms with Crippen LogP contribution in [0.3, 0.4) is 0 Å². The fraction of sp³-hybridized carbons (Fsp3) is 0.727. The molecule has 2 heterocycles. The van der Waals surface area contributed by atoms with Crippen molar-refractivity contribution in [3.05, 3.63) is 0 Å². The lowest BCUT2D eigenvalue weighted by Gasteiger charge is -2.29. The Morgan fingerprint density at radius 2 is 2.47 bits per heavy atom. The van der Waals surface area contributed by atoms with E-state index in [4.69, 9.17) is 10.00 Å². The summed E-state index contributed by atoms with van der Waals surface area (Å²) >= 11 is 1.61. The number of carbonyl (C=O) groups is 2. The number of amides is 1. The van der Waals surface area contributed by atoms with Crippen LogP contribution in [-0.4, -0.2) is 39.5 Å². The number of ether oxygens (including phenoxy) is 1. The molecular weight excluding hydrogens is 240 g/mol. The normalized spacial score (nSPS) is 33.1. The zero-order valence-corrected chi connectivity index (χ0v) is 10.6. The van der Waals surface area contributed by atoms with Gasteiger partial charge in [0, 0.05) is 12.2 Å². The highest BCUT2D eigenvalue weighted by Gasteiger charge is 2.53. The van der Waals surface area contributed by atoms with E-state index in [9.17, 15) is 9.59 Å². The number of hydrogen-bond donors (Lipinski definition) is 0. The van der Waals surface area contributed by atoms with Crippen molar-refractivity contribution >= 4 is 23.6 Å². The maximum absolute atomic E-state index is 11.9. The summed E-state index contributed by atoms with van der Waals surface area (Å²) in [5, 5.41) is 8.60. The predicted octanol–water partition coefficient (Wildman–Crippen LogP) is 0.896. The minimum atomic E-state index is -0.767. The first kappa shape index (κ1) is 12.2. The lowest BCUT2D eigenvalue weighted by molar-refractivity contribution is -0.155. The van der Waals surface area contributed by atoms with Gasteiger partial charge in [0.1, 0.15) is 12.1 Å². The van der Waals surface area contributed by atoms with Gasteiger partial charge < -0.3 is 9.64 Å². The van der Waals surface area contributed by atoms with Crippen molar-refractivity contribution in [3.8, 4) is 6.07 Å². The third-order valence-corrected chi connectivity index (χ3v) is 4.70. The van der Waals surface area contributed by atoms with Crippen LogP contribution in [0.25, 0.3) is 0 Å². The Kier molecular flexibility index (Phi) is 3.04. The summed E-state index contributed by atoms with van der Waals surface area (Å²) in [5.74, 6) is 0.0914. The topological polar surface area (TPSA) is 70.4 Å². The molecule has 2 aliphatic rings. The molecule has 2 rings (SSSR count). The molecule has 0 aromatic carbocycles. The average Bonchev–Trinajstić information content (AvgIpc) is 2.76. The van der Waals surface area contributed by atoms with Crippen LogP contribution in [0, 0.1) is 11.3 Å². The molecule has 0 aromatic heterocycles. The van der Waals surface area contributed by atoms with Crippen molar-refractivity contribution in [1.29, 1.82) is 5.26 Å². The van der Waals surface area contributed by atoms with Gasteiger partial charge in [0.15, 0.2) is 6.10 Å². The number of thioether (sulfide) groups is 1. The molecule has 0 unspecified atom stereocenters. The minimum Gasteiger partial charge on any atom is -0.446 e. The van der Waals surface area contributed by atoms with Crippen molar-refractivity contribution in [2.75, 3.05) is 5.75 Å². The number of rotatable bonds is 2. The average molecular weight is 254 g/mol. The monoisotopic (exact) mass is 254 g/mol. The predicted molar refractivity (Wildman–Crippen MR) is 61.9 cm³/mol. The molecule has 0 bridgehead atoms. The van der Waals surface area contributed by atoms with Crippen molar-refractivity contribution in [2.24, 2.45) is 0 Å². The van der Waals surface area contributed by atoms with Crippen molar-refractivity contribution in [3.63, 3.8) is 0 Å². The van der Waals surface area contributed by atoms with Gasteiger partial charge in [-0.05, 0) is 20.3 Å². The molecule has 0 aliphatic carbocycles. The van der Waals surface area contributed by atoms with Crippen LogP contribution in [0.4, 0.5) is 0 Å². The molecule has 2 aliphatic heterocycles. The fourth-order valence-electron chi connectivity index (χ4n) is 2.27. The molecule has 2 saturated heterocycles. The molecule has 0 spiro atoms. The molecule has 2 fully saturated rings. The second kappa shape index (κ2) is 4.22. The van der Waals surface area contributed by atoms with Gasteiger partial charge in [-0.1, -0.05) is 0 Å². The summed E-state index contributed by atoms with van der Waals surface area (Å²) in [7, 11) is 0. The molecule has 92 valence electrons. The second-order valence-corrected chi connectivity index (χ2v) is 5.98. The highest BCUT2D eigenvalue weighted by Crippen LogP contribution is 2.47. The summed E-state index contributed by atoms with van der Waals surface area (Å²) in [6.45, 7) is 3.49. The van der Waals surface area contributed by atoms with Gasteiger partial charge in [0.25, 0.3) is 0 Å². The molecule has 0 saturated carbocycles. The molecular formula is C11H14N2O3S. The molecule has 17 heavy (non-hydrogen) atoms. The summed E-state index contributed by atoms with van der Waals surface area (Å²) in [5.41, 5.74) is 0. The van der Waals surface area contributed by atoms with E-state index in [2.05, 4.69) is 0 Å². The third-order valence-electron chi connectivity index (χ3n) is 3.19. The summed E-state index contributed by atoms with van der Waals surface area (Å²) in [6.07, 6.45) is 0.492. The van der Waals surface area contributed by atoms with Crippen LogP contribution in [-0.2, 0) is 14.3 Å². The first-order valence-electron chi connectivity index (χ1n) is 5.54. The maximum Gasteiger partial charge on any atom is 0.331 e. The number of carbonyl (C=O) groups excluding carboxylic acids is 2. The van der Waals surface area contributed by atoms with Crippen LogP contribution >= 0.6 is 11.8 Å². The minimum absolute atomic E-state index is 0.00376. The van der Waals surface area contributed by atoms with Crippen LogP contribution in [0.15, 0.2) is 0 Å². The number of nitriles is 1. The first-order valence-corrected chi connectivity index (χ1v) is 6.53. The third kappa shape index (κ3) is 2.00. The van der Waals surface area contributed by atoms with Crippen LogP contribution in [0.2, 0.25) is 0 Å². The van der Waals surface area contributed by atoms with E-state index in [-0.39, 0.29) is 10.8 Å². The number of hydrogen-bond acceptors (Lipinski definition) is 5. The Bertz CT molecular complexity index is 406. The van der Waals surface area contributed by atoms with Gasteiger partial charge >= 0.3 is 5.97 Å². The largest absolute Gasteiger partial charge is 0.446 e. The fourth-order valence-corrected chi connectivity index (χ4v) is 3.69. The molecule has 0 N–H and O–H groups in total. The van der Waals surface area contributed by atoms with E-state index in [1.165, 1.54) is 6.92 Å². The molecule has 0 aromatic rings. The molecule has 5 nitrogen and oxygen atoms in total. The molecule has 3 atom stereocenters. The van der Waals surface area contributed by atoms with E-state index in [1.807, 2.05) is 13.0 Å². The van der Waals surface area contributed by atoms with Gasteiger partial charge in [-0.3, -0.25) is 4.79 Å². The Balaban J connectivity index is 2.11. The van der Waals surface area contributed by atoms with Crippen LogP contribution in [0.1, 0.15) is 26.7 Å². The Labute approximate surface area is 104 Å². The van der Waals surface area contributed by atoms with Gasteiger partial charge in [0.2, 0.25) is 5.91 Å². The Hall–Kier alpha value is -1.22. The maximum atomic E-state index is 11.9. The van der Waals surface area contributed by atoms with Crippen LogP contribution in [0.5, 0.6) is 0 Å². The van der Waals surface area contributed by atoms with Gasteiger partial charge in [-0.25, -0.2) is 4.79 Å². The zero-order valence-electron chi connectivity index (χ0n) is 9.80. The number of nitrogens with zero attached hydrogens (tertiary/aromatic N) is 2. The van der Waals surface area contributed by atoms with Gasteiger partial charge in [-0.15, -0.1) is 11.8 Å². The lowest BCUT2D eigenvalue weighted by atomic mass is 10.2. The van der Waals surface area contributed by atoms with Gasteiger partial charge in [0.05, 0.1) is 4.87 Å². The summed E-state index contributed by atoms with van der Waals surface area (Å²) in [4.78, 5) is 25.0. The van der Waals surface area contributed by atoms with E-state index in [0.29, 0.717) is 12.2 Å². The lowest BCUT2D eigenvalue weighted by Crippen LogP contribution is -2.47. The van der Waals surface area contributed by atoms with E-state index in [1.54, 1.807) is 16.7 Å². The van der Waals surface area contributed by atoms with E-state index in [0.717, 1.165) is 6.42 Å². The van der Waals surface area contributed by atoms with E-state index >= 15 is 0 Å². The smallest absolute Gasteiger partial charge is 0.331 e. The molecule has 1 amide bonds. The molecule has 0 radical (unpaired) electrons. The zero-order chi connectivity index (χ0) is 12.6. The summed E-state index contributed by atoms with van der Waals surface area (Å²) in [6, 6.07) is 1.31. The SMILES string of the molecule is C[C@@H](C#N)OC(=O)[C@@H]1CS[C@@]2(C)CCC(=O)N12. The quantitative estimate of drug-likeness (QED) is 0.685. The summed E-state index contributed by atoms with van der Waals surface area (Å²) < 4.78 is 4.98.